The monoisotopic (exact) mass is 383 g/mol. The Morgan fingerprint density at radius 3 is 2.92 bits per heavy atom. The number of thioether (sulfide) groups is 1. The van der Waals surface area contributed by atoms with Gasteiger partial charge in [-0.15, -0.1) is 0 Å². The van der Waals surface area contributed by atoms with Crippen LogP contribution in [0.1, 0.15) is 23.7 Å². The van der Waals surface area contributed by atoms with E-state index >= 15 is 0 Å². The maximum Gasteiger partial charge on any atom is 0.320 e. The van der Waals surface area contributed by atoms with Gasteiger partial charge < -0.3 is 37.1 Å². The Balaban J connectivity index is 1.59. The topological polar surface area (TPSA) is 170 Å². The Morgan fingerprint density at radius 2 is 2.19 bits per heavy atom. The third-order valence-corrected chi connectivity index (χ3v) is 5.99. The van der Waals surface area contributed by atoms with Gasteiger partial charge in [0.05, 0.1) is 36.1 Å². The van der Waals surface area contributed by atoms with Crippen molar-refractivity contribution in [2.75, 3.05) is 18.1 Å². The molecule has 2 aliphatic heterocycles. The summed E-state index contributed by atoms with van der Waals surface area (Å²) >= 11 is 1.49. The van der Waals surface area contributed by atoms with Crippen LogP contribution in [0.3, 0.4) is 0 Å². The first-order valence-corrected chi connectivity index (χ1v) is 9.71. The second kappa shape index (κ2) is 8.07. The Labute approximate surface area is 155 Å². The van der Waals surface area contributed by atoms with Gasteiger partial charge >= 0.3 is 5.97 Å². The Hall–Kier alpha value is -1.43. The number of nitrogens with zero attached hydrogens (tertiary/aromatic N) is 1. The van der Waals surface area contributed by atoms with Gasteiger partial charge in [-0.25, -0.2) is 0 Å². The molecule has 3 heterocycles. The van der Waals surface area contributed by atoms with Gasteiger partial charge in [0, 0.05) is 18.0 Å². The van der Waals surface area contributed by atoms with Gasteiger partial charge in [-0.05, 0) is 23.8 Å². The third-order valence-electron chi connectivity index (χ3n) is 4.87. The molecule has 0 aliphatic carbocycles. The summed E-state index contributed by atoms with van der Waals surface area (Å²) in [5.41, 5.74) is 14.0. The number of hydrogen-bond donors (Lipinski definition) is 7. The van der Waals surface area contributed by atoms with Gasteiger partial charge in [-0.3, -0.25) is 9.79 Å². The first kappa shape index (κ1) is 19.3. The van der Waals surface area contributed by atoms with Crippen LogP contribution in [0, 0.1) is 0 Å². The molecular formula is C16H25N5O4S. The van der Waals surface area contributed by atoms with Crippen molar-refractivity contribution in [2.45, 2.75) is 42.8 Å². The lowest BCUT2D eigenvalue weighted by Gasteiger charge is -2.24. The van der Waals surface area contributed by atoms with E-state index in [1.165, 1.54) is 11.8 Å². The number of hydrogen-bond acceptors (Lipinski definition) is 8. The van der Waals surface area contributed by atoms with Gasteiger partial charge in [-0.1, -0.05) is 0 Å². The first-order valence-electron chi connectivity index (χ1n) is 8.56. The number of aliphatic hydroxyl groups is 2. The smallest absolute Gasteiger partial charge is 0.320 e. The number of rotatable bonds is 7. The number of aromatic nitrogens is 1. The molecule has 0 spiro atoms. The molecule has 1 aromatic rings. The predicted octanol–water partition coefficient (Wildman–Crippen LogP) is -1.59. The molecule has 9 nitrogen and oxygen atoms in total. The van der Waals surface area contributed by atoms with Gasteiger partial charge in [0.2, 0.25) is 0 Å². The quantitative estimate of drug-likeness (QED) is 0.276. The Morgan fingerprint density at radius 1 is 1.42 bits per heavy atom. The standard InChI is InChI=1S/C16H25N5O4S/c17-8(16(24)25)2-4-26-6-10-14(22)15(23)13(21-10)12-11-7(1-3-19-11)9(18)5-20-12/h1,3,8-10,13-15,19,21-23H,2,4-6,17-18H2,(H,24,25). The molecule has 10 heteroatoms. The molecule has 1 aromatic heterocycles. The molecule has 1 fully saturated rings. The van der Waals surface area contributed by atoms with Gasteiger partial charge in [0.15, 0.2) is 0 Å². The molecule has 0 radical (unpaired) electrons. The minimum Gasteiger partial charge on any atom is -0.480 e. The highest BCUT2D eigenvalue weighted by Gasteiger charge is 2.44. The molecule has 6 atom stereocenters. The molecule has 3 rings (SSSR count). The normalized spacial score (nSPS) is 32.2. The summed E-state index contributed by atoms with van der Waals surface area (Å²) < 4.78 is 0. The highest BCUT2D eigenvalue weighted by Crippen LogP contribution is 2.27. The number of aromatic amines is 1. The second-order valence-electron chi connectivity index (χ2n) is 6.68. The van der Waals surface area contributed by atoms with Gasteiger partial charge in [0.1, 0.15) is 12.1 Å². The van der Waals surface area contributed by atoms with Gasteiger partial charge in [-0.2, -0.15) is 11.8 Å². The van der Waals surface area contributed by atoms with Gasteiger partial charge in [0.25, 0.3) is 0 Å². The first-order chi connectivity index (χ1) is 12.4. The molecule has 1 saturated heterocycles. The molecule has 9 N–H and O–H groups in total. The summed E-state index contributed by atoms with van der Waals surface area (Å²) in [7, 11) is 0. The average molecular weight is 383 g/mol. The lowest BCUT2D eigenvalue weighted by Crippen LogP contribution is -2.44. The molecule has 0 amide bonds. The predicted molar refractivity (Wildman–Crippen MR) is 99.4 cm³/mol. The number of nitrogens with two attached hydrogens (primary N) is 2. The number of carbonyl (C=O) groups is 1. The Kier molecular flexibility index (Phi) is 6.00. The minimum atomic E-state index is -1.02. The van der Waals surface area contributed by atoms with E-state index in [4.69, 9.17) is 16.6 Å². The van der Waals surface area contributed by atoms with Crippen LogP contribution < -0.4 is 16.8 Å². The van der Waals surface area contributed by atoms with Crippen molar-refractivity contribution >= 4 is 23.4 Å². The van der Waals surface area contributed by atoms with Crippen LogP contribution in [0.15, 0.2) is 17.3 Å². The zero-order chi connectivity index (χ0) is 18.8. The van der Waals surface area contributed by atoms with E-state index in [1.807, 2.05) is 6.07 Å². The summed E-state index contributed by atoms with van der Waals surface area (Å²) in [6, 6.07) is 0.0491. The van der Waals surface area contributed by atoms with Crippen LogP contribution in [-0.2, 0) is 4.79 Å². The third kappa shape index (κ3) is 3.80. The van der Waals surface area contributed by atoms with Crippen molar-refractivity contribution in [1.29, 1.82) is 0 Å². The highest BCUT2D eigenvalue weighted by atomic mass is 32.2. The van der Waals surface area contributed by atoms with Crippen LogP contribution >= 0.6 is 11.8 Å². The number of aliphatic hydroxyl groups excluding tert-OH is 2. The lowest BCUT2D eigenvalue weighted by molar-refractivity contribution is -0.138. The van der Waals surface area contributed by atoms with Crippen molar-refractivity contribution in [3.63, 3.8) is 0 Å². The van der Waals surface area contributed by atoms with Crippen molar-refractivity contribution < 1.29 is 20.1 Å². The minimum absolute atomic E-state index is 0.173. The van der Waals surface area contributed by atoms with E-state index in [-0.39, 0.29) is 12.1 Å². The van der Waals surface area contributed by atoms with Crippen LogP contribution in [0.5, 0.6) is 0 Å². The largest absolute Gasteiger partial charge is 0.480 e. The lowest BCUT2D eigenvalue weighted by atomic mass is 9.95. The molecule has 0 aromatic carbocycles. The van der Waals surface area contributed by atoms with Crippen LogP contribution in [0.2, 0.25) is 0 Å². The molecular weight excluding hydrogens is 358 g/mol. The molecule has 26 heavy (non-hydrogen) atoms. The SMILES string of the molecule is NC(CCSCC1NC(C2=NCC(N)c3cc[nH]c32)C(O)C1O)C(=O)O. The zero-order valence-corrected chi connectivity index (χ0v) is 15.0. The Bertz CT molecular complexity index is 681. The summed E-state index contributed by atoms with van der Waals surface area (Å²) in [5, 5.41) is 32.9. The van der Waals surface area contributed by atoms with Crippen molar-refractivity contribution in [3.8, 4) is 0 Å². The number of carboxylic acid groups (broad SMARTS) is 1. The zero-order valence-electron chi connectivity index (χ0n) is 14.2. The van der Waals surface area contributed by atoms with Crippen molar-refractivity contribution in [1.82, 2.24) is 10.3 Å². The van der Waals surface area contributed by atoms with E-state index in [0.717, 1.165) is 11.3 Å². The van der Waals surface area contributed by atoms with Crippen LogP contribution in [-0.4, -0.2) is 80.4 Å². The number of H-pyrrole nitrogens is 1. The van der Waals surface area contributed by atoms with E-state index in [9.17, 15) is 15.0 Å². The summed E-state index contributed by atoms with van der Waals surface area (Å²) in [6.07, 6.45) is 0.233. The molecule has 6 unspecified atom stereocenters. The molecule has 0 bridgehead atoms. The fourth-order valence-electron chi connectivity index (χ4n) is 3.33. The summed E-state index contributed by atoms with van der Waals surface area (Å²) in [6.45, 7) is 0.438. The number of nitrogens with one attached hydrogen (secondary N) is 2. The summed E-state index contributed by atoms with van der Waals surface area (Å²) in [4.78, 5) is 18.3. The molecule has 144 valence electrons. The number of fused-ring (bicyclic) bond motifs is 1. The maximum absolute atomic E-state index is 10.7. The summed E-state index contributed by atoms with van der Waals surface area (Å²) in [5.74, 6) is 0.0802. The van der Waals surface area contributed by atoms with E-state index < -0.39 is 30.3 Å². The fourth-order valence-corrected chi connectivity index (χ4v) is 4.47. The van der Waals surface area contributed by atoms with Crippen molar-refractivity contribution in [3.05, 3.63) is 23.5 Å². The fraction of sp³-hybridized carbons (Fsp3) is 0.625. The molecule has 0 saturated carbocycles. The van der Waals surface area contributed by atoms with Crippen LogP contribution in [0.4, 0.5) is 0 Å². The second-order valence-corrected chi connectivity index (χ2v) is 7.83. The van der Waals surface area contributed by atoms with Crippen LogP contribution in [0.25, 0.3) is 0 Å². The van der Waals surface area contributed by atoms with E-state index in [2.05, 4.69) is 15.3 Å². The number of aliphatic imine (C=N–C) groups is 1. The highest BCUT2D eigenvalue weighted by molar-refractivity contribution is 7.99. The van der Waals surface area contributed by atoms with E-state index in [0.29, 0.717) is 30.2 Å². The average Bonchev–Trinajstić information content (AvgIpc) is 3.20. The molecule has 2 aliphatic rings. The maximum atomic E-state index is 10.7. The van der Waals surface area contributed by atoms with E-state index in [1.54, 1.807) is 6.20 Å². The number of carboxylic acids is 1. The van der Waals surface area contributed by atoms with Crippen molar-refractivity contribution in [2.24, 2.45) is 16.5 Å². The number of aliphatic carboxylic acids is 1.